The van der Waals surface area contributed by atoms with Gasteiger partial charge in [-0.25, -0.2) is 14.6 Å². The Balaban J connectivity index is 1.50. The molecule has 0 unspecified atom stereocenters. The van der Waals surface area contributed by atoms with Crippen molar-refractivity contribution < 1.29 is 9.90 Å². The summed E-state index contributed by atoms with van der Waals surface area (Å²) in [5.41, 5.74) is 1.39. The van der Waals surface area contributed by atoms with E-state index in [1.54, 1.807) is 30.1 Å². The van der Waals surface area contributed by atoms with Gasteiger partial charge >= 0.3 is 0 Å². The molecule has 1 fully saturated rings. The second-order valence-corrected chi connectivity index (χ2v) is 7.15. The fraction of sp³-hybridized carbons (Fsp3) is 0.316. The van der Waals surface area contributed by atoms with Crippen molar-refractivity contribution in [2.45, 2.75) is 6.92 Å². The van der Waals surface area contributed by atoms with Gasteiger partial charge in [-0.1, -0.05) is 12.1 Å². The molecule has 0 radical (unpaired) electrons. The normalized spacial score (nSPS) is 14.3. The number of hydrogen-bond donors (Lipinski definition) is 1. The molecular formula is C19H20ClN7O2. The lowest BCUT2D eigenvalue weighted by Crippen LogP contribution is -2.49. The number of amides is 1. The Kier molecular flexibility index (Phi) is 5.06. The van der Waals surface area contributed by atoms with Crippen molar-refractivity contribution in [2.24, 2.45) is 7.05 Å². The number of halogens is 1. The van der Waals surface area contributed by atoms with Crippen LogP contribution in [0.15, 0.2) is 30.3 Å². The van der Waals surface area contributed by atoms with E-state index in [2.05, 4.69) is 25.0 Å². The number of carbonyl (C=O) groups excluding carboxylic acids is 1. The Bertz CT molecular complexity index is 1040. The lowest BCUT2D eigenvalue weighted by atomic mass is 10.2. The van der Waals surface area contributed by atoms with Crippen LogP contribution in [0.25, 0.3) is 11.4 Å². The summed E-state index contributed by atoms with van der Waals surface area (Å²) >= 11 is 5.89. The van der Waals surface area contributed by atoms with E-state index >= 15 is 0 Å². The van der Waals surface area contributed by atoms with Gasteiger partial charge in [0.25, 0.3) is 5.91 Å². The first-order valence-electron chi connectivity index (χ1n) is 9.17. The minimum Gasteiger partial charge on any atom is -0.507 e. The zero-order valence-electron chi connectivity index (χ0n) is 16.1. The van der Waals surface area contributed by atoms with E-state index in [0.717, 1.165) is 11.5 Å². The molecule has 4 rings (SSSR count). The van der Waals surface area contributed by atoms with Gasteiger partial charge in [-0.05, 0) is 30.7 Å². The summed E-state index contributed by atoms with van der Waals surface area (Å²) in [6.07, 6.45) is 0. The molecule has 10 heteroatoms. The van der Waals surface area contributed by atoms with E-state index in [4.69, 9.17) is 11.6 Å². The fourth-order valence-electron chi connectivity index (χ4n) is 3.23. The number of para-hydroxylation sites is 1. The van der Waals surface area contributed by atoms with Gasteiger partial charge in [-0.3, -0.25) is 4.79 Å². The molecule has 0 atom stereocenters. The molecule has 3 heterocycles. The average Bonchev–Trinajstić information content (AvgIpc) is 3.06. The third-order valence-corrected chi connectivity index (χ3v) is 5.11. The zero-order valence-corrected chi connectivity index (χ0v) is 16.8. The SMILES string of the molecule is Cc1cc(N2CCN(C(=O)c3nc(Cl)n(C)n3)CC2)nc(-c2ccccc2O)n1. The summed E-state index contributed by atoms with van der Waals surface area (Å²) in [7, 11) is 1.64. The summed E-state index contributed by atoms with van der Waals surface area (Å²) < 4.78 is 1.37. The van der Waals surface area contributed by atoms with Crippen LogP contribution in [0.4, 0.5) is 5.82 Å². The molecule has 2 aromatic heterocycles. The summed E-state index contributed by atoms with van der Waals surface area (Å²) in [6.45, 7) is 4.16. The highest BCUT2D eigenvalue weighted by Crippen LogP contribution is 2.28. The predicted molar refractivity (Wildman–Crippen MR) is 108 cm³/mol. The minimum atomic E-state index is -0.235. The topological polar surface area (TPSA) is 100 Å². The molecule has 1 aliphatic heterocycles. The molecule has 1 amide bonds. The Morgan fingerprint density at radius 1 is 1.10 bits per heavy atom. The van der Waals surface area contributed by atoms with E-state index in [1.807, 2.05) is 19.1 Å². The van der Waals surface area contributed by atoms with E-state index in [-0.39, 0.29) is 22.8 Å². The van der Waals surface area contributed by atoms with Gasteiger partial charge in [-0.2, -0.15) is 4.98 Å². The predicted octanol–water partition coefficient (Wildman–Crippen LogP) is 1.90. The maximum absolute atomic E-state index is 12.6. The van der Waals surface area contributed by atoms with E-state index in [9.17, 15) is 9.90 Å². The zero-order chi connectivity index (χ0) is 20.5. The highest BCUT2D eigenvalue weighted by Gasteiger charge is 2.26. The quantitative estimate of drug-likeness (QED) is 0.699. The Morgan fingerprint density at radius 3 is 2.48 bits per heavy atom. The van der Waals surface area contributed by atoms with Crippen LogP contribution < -0.4 is 4.90 Å². The molecule has 0 spiro atoms. The van der Waals surface area contributed by atoms with E-state index in [0.29, 0.717) is 37.6 Å². The highest BCUT2D eigenvalue weighted by atomic mass is 35.5. The smallest absolute Gasteiger partial charge is 0.293 e. The number of piperazine rings is 1. The molecule has 0 bridgehead atoms. The van der Waals surface area contributed by atoms with Crippen LogP contribution in [0.3, 0.4) is 0 Å². The Hall–Kier alpha value is -3.20. The number of aromatic hydroxyl groups is 1. The molecule has 0 saturated carbocycles. The molecule has 1 aliphatic rings. The van der Waals surface area contributed by atoms with Crippen LogP contribution in [-0.2, 0) is 7.05 Å². The summed E-state index contributed by atoms with van der Waals surface area (Å²) in [5.74, 6) is 1.25. The molecule has 1 saturated heterocycles. The van der Waals surface area contributed by atoms with Gasteiger partial charge in [-0.15, -0.1) is 5.10 Å². The van der Waals surface area contributed by atoms with Crippen LogP contribution in [0, 0.1) is 6.92 Å². The standard InChI is InChI=1S/C19H20ClN7O2/c1-12-11-15(22-16(21-12)13-5-3-4-6-14(13)28)26-7-9-27(10-8-26)18(29)17-23-19(20)25(2)24-17/h3-6,11,28H,7-10H2,1-2H3. The van der Waals surface area contributed by atoms with Gasteiger partial charge in [0.1, 0.15) is 11.6 Å². The minimum absolute atomic E-state index is 0.102. The number of benzene rings is 1. The third-order valence-electron chi connectivity index (χ3n) is 4.78. The maximum atomic E-state index is 12.6. The first kappa shape index (κ1) is 19.1. The van der Waals surface area contributed by atoms with Crippen molar-refractivity contribution >= 4 is 23.3 Å². The van der Waals surface area contributed by atoms with Gasteiger partial charge in [0.2, 0.25) is 11.1 Å². The van der Waals surface area contributed by atoms with Gasteiger partial charge in [0, 0.05) is 45.0 Å². The first-order chi connectivity index (χ1) is 13.9. The van der Waals surface area contributed by atoms with Crippen LogP contribution in [0.2, 0.25) is 5.28 Å². The fourth-order valence-corrected chi connectivity index (χ4v) is 3.35. The number of nitrogens with zero attached hydrogens (tertiary/aromatic N) is 7. The summed E-state index contributed by atoms with van der Waals surface area (Å²) in [6, 6.07) is 8.90. The van der Waals surface area contributed by atoms with Crippen molar-refractivity contribution in [1.29, 1.82) is 0 Å². The number of rotatable bonds is 3. The first-order valence-corrected chi connectivity index (χ1v) is 9.55. The highest BCUT2D eigenvalue weighted by molar-refractivity contribution is 6.28. The number of anilines is 1. The number of phenols is 1. The molecule has 9 nitrogen and oxygen atoms in total. The maximum Gasteiger partial charge on any atom is 0.293 e. The van der Waals surface area contributed by atoms with Crippen LogP contribution in [0.5, 0.6) is 5.75 Å². The van der Waals surface area contributed by atoms with Crippen molar-refractivity contribution in [1.82, 2.24) is 29.6 Å². The largest absolute Gasteiger partial charge is 0.507 e. The molecular weight excluding hydrogens is 394 g/mol. The Labute approximate surface area is 172 Å². The second kappa shape index (κ2) is 7.67. The molecule has 29 heavy (non-hydrogen) atoms. The molecule has 1 N–H and O–H groups in total. The van der Waals surface area contributed by atoms with Crippen molar-refractivity contribution in [3.63, 3.8) is 0 Å². The van der Waals surface area contributed by atoms with Crippen LogP contribution >= 0.6 is 11.6 Å². The molecule has 0 aliphatic carbocycles. The average molecular weight is 414 g/mol. The van der Waals surface area contributed by atoms with Crippen molar-refractivity contribution in [3.05, 3.63) is 47.1 Å². The number of carbonyl (C=O) groups is 1. The molecule has 1 aromatic carbocycles. The number of hydrogen-bond acceptors (Lipinski definition) is 7. The molecule has 3 aromatic rings. The number of aryl methyl sites for hydroxylation is 2. The lowest BCUT2D eigenvalue weighted by molar-refractivity contribution is 0.0734. The van der Waals surface area contributed by atoms with Crippen LogP contribution in [0.1, 0.15) is 16.3 Å². The second-order valence-electron chi connectivity index (χ2n) is 6.82. The van der Waals surface area contributed by atoms with Gasteiger partial charge in [0.05, 0.1) is 5.56 Å². The van der Waals surface area contributed by atoms with Gasteiger partial charge in [0.15, 0.2) is 5.82 Å². The molecule has 150 valence electrons. The van der Waals surface area contributed by atoms with Crippen LogP contribution in [-0.4, -0.2) is 66.8 Å². The monoisotopic (exact) mass is 413 g/mol. The van der Waals surface area contributed by atoms with Crippen molar-refractivity contribution in [3.8, 4) is 17.1 Å². The third kappa shape index (κ3) is 3.86. The Morgan fingerprint density at radius 2 is 1.83 bits per heavy atom. The van der Waals surface area contributed by atoms with Crippen molar-refractivity contribution in [2.75, 3.05) is 31.1 Å². The van der Waals surface area contributed by atoms with E-state index in [1.165, 1.54) is 4.68 Å². The summed E-state index contributed by atoms with van der Waals surface area (Å²) in [5, 5.41) is 14.4. The van der Waals surface area contributed by atoms with Gasteiger partial charge < -0.3 is 14.9 Å². The lowest BCUT2D eigenvalue weighted by Gasteiger charge is -2.35. The number of phenolic OH excluding ortho intramolecular Hbond substituents is 1. The summed E-state index contributed by atoms with van der Waals surface area (Å²) in [4.78, 5) is 29.5. The van der Waals surface area contributed by atoms with E-state index < -0.39 is 0 Å². The number of aromatic nitrogens is 5.